The lowest BCUT2D eigenvalue weighted by Crippen LogP contribution is -2.38. The maximum absolute atomic E-state index is 11.3. The molecule has 0 aliphatic carbocycles. The molecular formula is C13H18N2O2. The van der Waals surface area contributed by atoms with Gasteiger partial charge in [0, 0.05) is 18.7 Å². The number of nitrogens with zero attached hydrogens (tertiary/aromatic N) is 1. The zero-order chi connectivity index (χ0) is 12.3. The van der Waals surface area contributed by atoms with E-state index in [1.54, 1.807) is 6.07 Å². The van der Waals surface area contributed by atoms with Crippen molar-refractivity contribution in [1.82, 2.24) is 4.90 Å². The second kappa shape index (κ2) is 5.29. The van der Waals surface area contributed by atoms with Crippen LogP contribution < -0.4 is 5.73 Å². The van der Waals surface area contributed by atoms with Crippen LogP contribution in [0, 0.1) is 0 Å². The number of aliphatic hydroxyl groups is 1. The van der Waals surface area contributed by atoms with Gasteiger partial charge in [0.1, 0.15) is 0 Å². The van der Waals surface area contributed by atoms with Crippen molar-refractivity contribution in [2.24, 2.45) is 5.73 Å². The molecule has 1 unspecified atom stereocenters. The van der Waals surface area contributed by atoms with E-state index < -0.39 is 5.91 Å². The van der Waals surface area contributed by atoms with E-state index in [0.29, 0.717) is 18.7 Å². The molecule has 1 fully saturated rings. The third-order valence-electron chi connectivity index (χ3n) is 3.16. The molecule has 3 N–H and O–H groups in total. The number of rotatable bonds is 3. The summed E-state index contributed by atoms with van der Waals surface area (Å²) in [6.07, 6.45) is 1.62. The zero-order valence-electron chi connectivity index (χ0n) is 9.80. The summed E-state index contributed by atoms with van der Waals surface area (Å²) >= 11 is 0. The summed E-state index contributed by atoms with van der Waals surface area (Å²) in [5.74, 6) is -0.391. The van der Waals surface area contributed by atoms with Gasteiger partial charge < -0.3 is 10.8 Å². The molecule has 1 aromatic rings. The van der Waals surface area contributed by atoms with Gasteiger partial charge in [0.15, 0.2) is 0 Å². The molecule has 4 heteroatoms. The molecule has 1 aromatic carbocycles. The number of aliphatic hydroxyl groups excluding tert-OH is 1. The molecule has 0 radical (unpaired) electrons. The minimum atomic E-state index is -0.391. The molecule has 17 heavy (non-hydrogen) atoms. The minimum absolute atomic E-state index is 0.246. The molecule has 1 aliphatic rings. The number of hydrogen-bond acceptors (Lipinski definition) is 3. The molecule has 92 valence electrons. The largest absolute Gasteiger partial charge is 0.392 e. The lowest BCUT2D eigenvalue weighted by atomic mass is 10.0. The van der Waals surface area contributed by atoms with Crippen LogP contribution >= 0.6 is 0 Å². The third kappa shape index (κ3) is 3.05. The third-order valence-corrected chi connectivity index (χ3v) is 3.16. The summed E-state index contributed by atoms with van der Waals surface area (Å²) in [6, 6.07) is 7.38. The molecule has 1 amide bonds. The quantitative estimate of drug-likeness (QED) is 0.810. The summed E-state index contributed by atoms with van der Waals surface area (Å²) in [6.45, 7) is 2.31. The first-order chi connectivity index (χ1) is 8.16. The molecule has 0 saturated carbocycles. The lowest BCUT2D eigenvalue weighted by Gasteiger charge is -2.30. The van der Waals surface area contributed by atoms with E-state index in [-0.39, 0.29) is 6.10 Å². The Labute approximate surface area is 101 Å². The zero-order valence-corrected chi connectivity index (χ0v) is 9.80. The number of likely N-dealkylation sites (tertiary alicyclic amines) is 1. The SMILES string of the molecule is NC(=O)c1ccccc1CN1CCCC(O)C1. The van der Waals surface area contributed by atoms with Crippen molar-refractivity contribution in [2.75, 3.05) is 13.1 Å². The predicted molar refractivity (Wildman–Crippen MR) is 65.5 cm³/mol. The Morgan fingerprint density at radius 1 is 1.47 bits per heavy atom. The van der Waals surface area contributed by atoms with Gasteiger partial charge >= 0.3 is 0 Å². The van der Waals surface area contributed by atoms with E-state index in [0.717, 1.165) is 24.9 Å². The van der Waals surface area contributed by atoms with Gasteiger partial charge in [-0.3, -0.25) is 9.69 Å². The highest BCUT2D eigenvalue weighted by Crippen LogP contribution is 2.16. The van der Waals surface area contributed by atoms with Gasteiger partial charge in [0.2, 0.25) is 5.91 Å². The molecule has 0 spiro atoms. The molecule has 1 heterocycles. The number of amides is 1. The van der Waals surface area contributed by atoms with Gasteiger partial charge in [-0.05, 0) is 31.0 Å². The second-order valence-electron chi connectivity index (χ2n) is 4.55. The molecule has 0 bridgehead atoms. The van der Waals surface area contributed by atoms with Crippen LogP contribution in [0.1, 0.15) is 28.8 Å². The maximum atomic E-state index is 11.3. The number of hydrogen-bond donors (Lipinski definition) is 2. The van der Waals surface area contributed by atoms with E-state index in [1.165, 1.54) is 0 Å². The number of carbonyl (C=O) groups is 1. The molecular weight excluding hydrogens is 216 g/mol. The Morgan fingerprint density at radius 3 is 2.94 bits per heavy atom. The number of carbonyl (C=O) groups excluding carboxylic acids is 1. The smallest absolute Gasteiger partial charge is 0.249 e. The van der Waals surface area contributed by atoms with Crippen LogP contribution in [-0.4, -0.2) is 35.1 Å². The van der Waals surface area contributed by atoms with Gasteiger partial charge in [0.05, 0.1) is 6.10 Å². The molecule has 1 saturated heterocycles. The Balaban J connectivity index is 2.10. The van der Waals surface area contributed by atoms with Crippen molar-refractivity contribution in [3.05, 3.63) is 35.4 Å². The van der Waals surface area contributed by atoms with E-state index in [9.17, 15) is 9.90 Å². The van der Waals surface area contributed by atoms with Gasteiger partial charge in [-0.25, -0.2) is 0 Å². The van der Waals surface area contributed by atoms with Gasteiger partial charge in [0.25, 0.3) is 0 Å². The maximum Gasteiger partial charge on any atom is 0.249 e. The summed E-state index contributed by atoms with van der Waals surface area (Å²) in [5, 5.41) is 9.60. The molecule has 0 aromatic heterocycles. The molecule has 1 atom stereocenters. The number of piperidine rings is 1. The highest BCUT2D eigenvalue weighted by atomic mass is 16.3. The Morgan fingerprint density at radius 2 is 2.24 bits per heavy atom. The minimum Gasteiger partial charge on any atom is -0.392 e. The summed E-state index contributed by atoms with van der Waals surface area (Å²) < 4.78 is 0. The lowest BCUT2D eigenvalue weighted by molar-refractivity contribution is 0.0666. The fourth-order valence-corrected chi connectivity index (χ4v) is 2.31. The van der Waals surface area contributed by atoms with Crippen LogP contribution in [0.2, 0.25) is 0 Å². The predicted octanol–water partition coefficient (Wildman–Crippen LogP) is 0.742. The first-order valence-corrected chi connectivity index (χ1v) is 5.95. The van der Waals surface area contributed by atoms with Crippen LogP contribution in [0.4, 0.5) is 0 Å². The van der Waals surface area contributed by atoms with Gasteiger partial charge in [-0.15, -0.1) is 0 Å². The molecule has 1 aliphatic heterocycles. The van der Waals surface area contributed by atoms with Crippen molar-refractivity contribution < 1.29 is 9.90 Å². The average molecular weight is 234 g/mol. The van der Waals surface area contributed by atoms with E-state index in [4.69, 9.17) is 5.73 Å². The first kappa shape index (κ1) is 12.1. The monoisotopic (exact) mass is 234 g/mol. The van der Waals surface area contributed by atoms with Crippen molar-refractivity contribution >= 4 is 5.91 Å². The standard InChI is InChI=1S/C13H18N2O2/c14-13(17)12-6-2-1-4-10(12)8-15-7-3-5-11(16)9-15/h1-2,4,6,11,16H,3,5,7-9H2,(H2,14,17). The fraction of sp³-hybridized carbons (Fsp3) is 0.462. The van der Waals surface area contributed by atoms with Crippen molar-refractivity contribution in [1.29, 1.82) is 0 Å². The van der Waals surface area contributed by atoms with Gasteiger partial charge in [-0.1, -0.05) is 18.2 Å². The second-order valence-corrected chi connectivity index (χ2v) is 4.55. The Bertz CT molecular complexity index is 406. The van der Waals surface area contributed by atoms with Crippen LogP contribution in [0.25, 0.3) is 0 Å². The summed E-state index contributed by atoms with van der Waals surface area (Å²) in [4.78, 5) is 13.4. The topological polar surface area (TPSA) is 66.6 Å². The normalized spacial score (nSPS) is 21.4. The number of benzene rings is 1. The van der Waals surface area contributed by atoms with E-state index in [1.807, 2.05) is 18.2 Å². The summed E-state index contributed by atoms with van der Waals surface area (Å²) in [7, 11) is 0. The number of nitrogens with two attached hydrogens (primary N) is 1. The highest BCUT2D eigenvalue weighted by molar-refractivity contribution is 5.94. The van der Waals surface area contributed by atoms with Crippen LogP contribution in [0.5, 0.6) is 0 Å². The van der Waals surface area contributed by atoms with Crippen LogP contribution in [0.15, 0.2) is 24.3 Å². The summed E-state index contributed by atoms with van der Waals surface area (Å²) in [5.41, 5.74) is 6.86. The molecule has 4 nitrogen and oxygen atoms in total. The van der Waals surface area contributed by atoms with Gasteiger partial charge in [-0.2, -0.15) is 0 Å². The van der Waals surface area contributed by atoms with Crippen molar-refractivity contribution in [3.63, 3.8) is 0 Å². The number of primary amides is 1. The highest BCUT2D eigenvalue weighted by Gasteiger charge is 2.19. The Hall–Kier alpha value is -1.39. The van der Waals surface area contributed by atoms with E-state index >= 15 is 0 Å². The van der Waals surface area contributed by atoms with E-state index in [2.05, 4.69) is 4.90 Å². The average Bonchev–Trinajstić information content (AvgIpc) is 2.29. The van der Waals surface area contributed by atoms with Crippen LogP contribution in [0.3, 0.4) is 0 Å². The van der Waals surface area contributed by atoms with Crippen molar-refractivity contribution in [3.8, 4) is 0 Å². The van der Waals surface area contributed by atoms with Crippen molar-refractivity contribution in [2.45, 2.75) is 25.5 Å². The van der Waals surface area contributed by atoms with Crippen LogP contribution in [-0.2, 0) is 6.54 Å². The fourth-order valence-electron chi connectivity index (χ4n) is 2.31. The molecule has 2 rings (SSSR count). The first-order valence-electron chi connectivity index (χ1n) is 5.95. The Kier molecular flexibility index (Phi) is 3.76. The number of β-amino-alcohol motifs (C(OH)–C–C–N with tert-alkyl or cyclic N) is 1.